The summed E-state index contributed by atoms with van der Waals surface area (Å²) in [6.45, 7) is 4.11. The number of unbranched alkanes of at least 4 members (excludes halogenated alkanes) is 14. The first-order valence-corrected chi connectivity index (χ1v) is 22.4. The van der Waals surface area contributed by atoms with E-state index in [4.69, 9.17) is 29.0 Å². The Morgan fingerprint density at radius 2 is 1.26 bits per heavy atom. The first-order valence-electron chi connectivity index (χ1n) is 20.9. The van der Waals surface area contributed by atoms with Crippen LogP contribution in [0.25, 0.3) is 0 Å². The summed E-state index contributed by atoms with van der Waals surface area (Å²) < 4.78 is 38.8. The summed E-state index contributed by atoms with van der Waals surface area (Å²) >= 11 is 0. The number of esters is 1. The second-order valence-electron chi connectivity index (χ2n) is 13.9. The molecule has 0 aliphatic carbocycles. The van der Waals surface area contributed by atoms with Crippen molar-refractivity contribution in [2.24, 2.45) is 5.73 Å². The van der Waals surface area contributed by atoms with Crippen LogP contribution in [-0.4, -0.2) is 55.5 Å². The van der Waals surface area contributed by atoms with E-state index in [0.717, 1.165) is 38.5 Å². The topological polar surface area (TPSA) is 130 Å². The largest absolute Gasteiger partial charge is 0.498 e. The third-order valence-corrected chi connectivity index (χ3v) is 9.88. The van der Waals surface area contributed by atoms with Gasteiger partial charge in [-0.05, 0) is 83.1 Å². The highest BCUT2D eigenvalue weighted by Gasteiger charge is 2.36. The molecule has 0 spiro atoms. The zero-order valence-electron chi connectivity index (χ0n) is 33.4. The van der Waals surface area contributed by atoms with Crippen molar-refractivity contribution in [3.8, 4) is 0 Å². The maximum Gasteiger partial charge on any atom is 0.472 e. The predicted octanol–water partition coefficient (Wildman–Crippen LogP) is 11.5. The fourth-order valence-electron chi connectivity index (χ4n) is 5.69. The Morgan fingerprint density at radius 1 is 0.698 bits per heavy atom. The lowest BCUT2D eigenvalue weighted by atomic mass is 10.1. The smallest absolute Gasteiger partial charge is 0.472 e. The Labute approximate surface area is 323 Å². The van der Waals surface area contributed by atoms with Crippen molar-refractivity contribution in [2.45, 2.75) is 180 Å². The van der Waals surface area contributed by atoms with Crippen LogP contribution in [0.1, 0.15) is 162 Å². The van der Waals surface area contributed by atoms with Crippen molar-refractivity contribution < 1.29 is 37.5 Å². The Morgan fingerprint density at radius 3 is 1.94 bits per heavy atom. The second-order valence-corrected chi connectivity index (χ2v) is 15.4. The monoisotopic (exact) mass is 766 g/mol. The lowest BCUT2D eigenvalue weighted by Gasteiger charge is -2.19. The van der Waals surface area contributed by atoms with Crippen LogP contribution in [0.5, 0.6) is 0 Å². The van der Waals surface area contributed by atoms with Crippen LogP contribution in [0, 0.1) is 0 Å². The highest BCUT2D eigenvalue weighted by atomic mass is 31.2. The first kappa shape index (κ1) is 49.0. The molecule has 0 radical (unpaired) electrons. The highest BCUT2D eigenvalue weighted by Crippen LogP contribution is 2.43. The van der Waals surface area contributed by atoms with Crippen molar-refractivity contribution in [3.63, 3.8) is 0 Å². The molecule has 0 aromatic rings. The van der Waals surface area contributed by atoms with Gasteiger partial charge < -0.3 is 24.8 Å². The molecule has 1 aliphatic rings. The molecule has 3 unspecified atom stereocenters. The Balaban J connectivity index is 2.20. The van der Waals surface area contributed by atoms with Gasteiger partial charge in [0.1, 0.15) is 6.61 Å². The summed E-state index contributed by atoms with van der Waals surface area (Å²) in [4.78, 5) is 22.4. The molecule has 53 heavy (non-hydrogen) atoms. The number of hydrogen-bond acceptors (Lipinski definition) is 8. The van der Waals surface area contributed by atoms with Crippen molar-refractivity contribution in [3.05, 3.63) is 60.9 Å². The van der Waals surface area contributed by atoms with E-state index in [-0.39, 0.29) is 32.8 Å². The average molecular weight is 766 g/mol. The number of ether oxygens (including phenoxy) is 3. The third-order valence-electron chi connectivity index (χ3n) is 8.90. The molecule has 306 valence electrons. The normalized spacial score (nSPS) is 17.9. The summed E-state index contributed by atoms with van der Waals surface area (Å²) in [5, 5.41) is 0. The second kappa shape index (κ2) is 35.7. The number of nitrogens with two attached hydrogens (primary N) is 1. The van der Waals surface area contributed by atoms with Gasteiger partial charge in [-0.25, -0.2) is 4.57 Å². The van der Waals surface area contributed by atoms with Gasteiger partial charge in [0.05, 0.1) is 31.7 Å². The minimum atomic E-state index is -4.31. The third kappa shape index (κ3) is 33.1. The van der Waals surface area contributed by atoms with E-state index in [2.05, 4.69) is 62.5 Å². The van der Waals surface area contributed by atoms with Crippen LogP contribution in [0.3, 0.4) is 0 Å². The van der Waals surface area contributed by atoms with Crippen molar-refractivity contribution in [1.82, 2.24) is 0 Å². The molecule has 1 rings (SSSR count). The maximum atomic E-state index is 12.5. The van der Waals surface area contributed by atoms with Crippen LogP contribution < -0.4 is 5.73 Å². The Bertz CT molecular complexity index is 1060. The summed E-state index contributed by atoms with van der Waals surface area (Å²) in [6.07, 6.45) is 46.5. The van der Waals surface area contributed by atoms with Crippen LogP contribution in [-0.2, 0) is 32.6 Å². The molecule has 1 heterocycles. The van der Waals surface area contributed by atoms with Gasteiger partial charge in [-0.1, -0.05) is 127 Å². The maximum absolute atomic E-state index is 12.5. The lowest BCUT2D eigenvalue weighted by molar-refractivity contribution is -0.153. The number of carbonyl (C=O) groups is 1. The molecule has 1 aliphatic heterocycles. The zero-order valence-corrected chi connectivity index (χ0v) is 34.3. The fourth-order valence-corrected chi connectivity index (χ4v) is 6.45. The Kier molecular flexibility index (Phi) is 33.0. The molecular weight excluding hydrogens is 689 g/mol. The first-order chi connectivity index (χ1) is 25.9. The van der Waals surface area contributed by atoms with E-state index in [9.17, 15) is 14.3 Å². The molecule has 0 aromatic carbocycles. The van der Waals surface area contributed by atoms with Gasteiger partial charge in [0.2, 0.25) is 0 Å². The quantitative estimate of drug-likeness (QED) is 0.0157. The molecule has 1 fully saturated rings. The van der Waals surface area contributed by atoms with Gasteiger partial charge in [0.25, 0.3) is 0 Å². The van der Waals surface area contributed by atoms with E-state index in [0.29, 0.717) is 18.6 Å². The zero-order chi connectivity index (χ0) is 38.5. The van der Waals surface area contributed by atoms with E-state index < -0.39 is 19.9 Å². The molecule has 9 nitrogen and oxygen atoms in total. The van der Waals surface area contributed by atoms with Gasteiger partial charge in [-0.2, -0.15) is 0 Å². The highest BCUT2D eigenvalue weighted by molar-refractivity contribution is 7.47. The molecule has 0 amide bonds. The minimum Gasteiger partial charge on any atom is -0.498 e. The van der Waals surface area contributed by atoms with Crippen LogP contribution in [0.15, 0.2) is 60.9 Å². The van der Waals surface area contributed by atoms with Gasteiger partial charge in [0.15, 0.2) is 6.10 Å². The number of phosphoric acid groups is 1. The van der Waals surface area contributed by atoms with Gasteiger partial charge in [-0.15, -0.1) is 0 Å². The summed E-state index contributed by atoms with van der Waals surface area (Å²) in [5.41, 5.74) is 5.35. The molecule has 4 atom stereocenters. The lowest BCUT2D eigenvalue weighted by Crippen LogP contribution is -2.27. The molecule has 0 bridgehead atoms. The number of hydrogen-bond donors (Lipinski definition) is 2. The summed E-state index contributed by atoms with van der Waals surface area (Å²) in [7, 11) is -4.31. The molecule has 3 N–H and O–H groups in total. The standard InChI is InChI=1S/C43H76NO8P/c1-3-5-7-8-9-10-11-12-13-14-15-18-21-24-27-31-36-48-38-40(39-50-53(46,47)49-37-35-44)51-43(45)34-30-26-23-20-17-16-19-22-25-29-33-42-41(52-42)32-28-6-4-2/h10-11,16,19-20,23,25,29,31,36,40-42H,3-9,12-15,17-18,21-22,24,26-28,30,32-35,37-39,44H2,1-2H3,(H,46,47)/b11-10-,19-16-,23-20-,29-25-,36-31+/t40-,41?,42?/m1/s1. The number of rotatable bonds is 38. The number of phosphoric ester groups is 1. The van der Waals surface area contributed by atoms with Gasteiger partial charge >= 0.3 is 13.8 Å². The fraction of sp³-hybridized carbons (Fsp3) is 0.744. The summed E-state index contributed by atoms with van der Waals surface area (Å²) in [5.74, 6) is -0.413. The van der Waals surface area contributed by atoms with Gasteiger partial charge in [0, 0.05) is 13.0 Å². The van der Waals surface area contributed by atoms with Crippen LogP contribution >= 0.6 is 7.82 Å². The number of epoxide rings is 1. The predicted molar refractivity (Wildman–Crippen MR) is 219 cm³/mol. The van der Waals surface area contributed by atoms with Gasteiger partial charge in [-0.3, -0.25) is 13.8 Å². The van der Waals surface area contributed by atoms with E-state index in [1.165, 1.54) is 96.3 Å². The number of carbonyl (C=O) groups excluding carboxylic acids is 1. The van der Waals surface area contributed by atoms with Crippen molar-refractivity contribution >= 4 is 13.8 Å². The Hall–Kier alpha value is -2.00. The van der Waals surface area contributed by atoms with Crippen LogP contribution in [0.2, 0.25) is 0 Å². The van der Waals surface area contributed by atoms with E-state index >= 15 is 0 Å². The minimum absolute atomic E-state index is 0.00165. The molecule has 0 saturated carbocycles. The van der Waals surface area contributed by atoms with Crippen LogP contribution in [0.4, 0.5) is 0 Å². The average Bonchev–Trinajstić information content (AvgIpc) is 3.90. The molecule has 10 heteroatoms. The number of allylic oxidation sites excluding steroid dienone is 8. The molecule has 1 saturated heterocycles. The van der Waals surface area contributed by atoms with Crippen molar-refractivity contribution in [2.75, 3.05) is 26.4 Å². The molecular formula is C43H76NO8P. The SMILES string of the molecule is CCCCCC/C=C\CCCCCCCC/C=C/OC[C@H](COP(=O)(O)OCCN)OC(=O)CCC/C=C\C/C=C\C/C=C\CC1OC1CCCCC. The molecule has 0 aromatic heterocycles. The van der Waals surface area contributed by atoms with Crippen molar-refractivity contribution in [1.29, 1.82) is 0 Å². The van der Waals surface area contributed by atoms with E-state index in [1.54, 1.807) is 6.26 Å². The summed E-state index contributed by atoms with van der Waals surface area (Å²) in [6, 6.07) is 0. The van der Waals surface area contributed by atoms with E-state index in [1.807, 2.05) is 6.08 Å².